The number of benzene rings is 2. The number of hydrogen-bond donors (Lipinski definition) is 2. The maximum Gasteiger partial charge on any atom is 0.259 e. The summed E-state index contributed by atoms with van der Waals surface area (Å²) in [6, 6.07) is 14.1. The molecule has 5 nitrogen and oxygen atoms in total. The van der Waals surface area contributed by atoms with Crippen LogP contribution in [0, 0.1) is 5.92 Å². The fraction of sp³-hybridized carbons (Fsp3) is 0.364. The molecule has 0 aliphatic heterocycles. The zero-order valence-electron chi connectivity index (χ0n) is 16.4. The number of carbonyl (C=O) groups excluding carboxylic acids is 2. The van der Waals surface area contributed by atoms with Crippen molar-refractivity contribution in [3.05, 3.63) is 59.7 Å². The number of anilines is 1. The first-order valence-electron chi connectivity index (χ1n) is 9.31. The van der Waals surface area contributed by atoms with Crippen LogP contribution in [0.3, 0.4) is 0 Å². The van der Waals surface area contributed by atoms with Crippen LogP contribution < -0.4 is 15.4 Å². The summed E-state index contributed by atoms with van der Waals surface area (Å²) in [6.45, 7) is 8.65. The van der Waals surface area contributed by atoms with Crippen LogP contribution in [0.5, 0.6) is 5.75 Å². The molecule has 0 aliphatic carbocycles. The third-order valence-corrected chi connectivity index (χ3v) is 3.91. The molecule has 0 fully saturated rings. The molecule has 0 radical (unpaired) electrons. The van der Waals surface area contributed by atoms with Gasteiger partial charge in [0, 0.05) is 17.3 Å². The average molecular weight is 368 g/mol. The molecule has 0 atom stereocenters. The van der Waals surface area contributed by atoms with E-state index in [0.29, 0.717) is 35.1 Å². The Kier molecular flexibility index (Phi) is 7.41. The predicted octanol–water partition coefficient (Wildman–Crippen LogP) is 4.50. The fourth-order valence-corrected chi connectivity index (χ4v) is 2.43. The number of hydrogen-bond acceptors (Lipinski definition) is 3. The van der Waals surface area contributed by atoms with Crippen molar-refractivity contribution < 1.29 is 14.3 Å². The van der Waals surface area contributed by atoms with Gasteiger partial charge in [-0.3, -0.25) is 9.59 Å². The van der Waals surface area contributed by atoms with E-state index in [1.165, 1.54) is 0 Å². The monoisotopic (exact) mass is 368 g/mol. The van der Waals surface area contributed by atoms with E-state index in [4.69, 9.17) is 4.74 Å². The highest BCUT2D eigenvalue weighted by atomic mass is 16.5. The molecule has 2 N–H and O–H groups in total. The summed E-state index contributed by atoms with van der Waals surface area (Å²) in [7, 11) is 0. The van der Waals surface area contributed by atoms with E-state index in [2.05, 4.69) is 24.5 Å². The molecule has 0 aliphatic rings. The molecule has 2 aromatic rings. The molecule has 0 unspecified atom stereocenters. The Morgan fingerprint density at radius 2 is 1.59 bits per heavy atom. The Morgan fingerprint density at radius 3 is 2.22 bits per heavy atom. The lowest BCUT2D eigenvalue weighted by Gasteiger charge is -2.13. The minimum Gasteiger partial charge on any atom is -0.493 e. The van der Waals surface area contributed by atoms with Gasteiger partial charge in [0.1, 0.15) is 5.75 Å². The van der Waals surface area contributed by atoms with Crippen molar-refractivity contribution in [3.8, 4) is 5.75 Å². The zero-order chi connectivity index (χ0) is 19.8. The van der Waals surface area contributed by atoms with Gasteiger partial charge in [-0.1, -0.05) is 26.0 Å². The van der Waals surface area contributed by atoms with Gasteiger partial charge in [0.2, 0.25) is 0 Å². The van der Waals surface area contributed by atoms with Crippen molar-refractivity contribution in [3.63, 3.8) is 0 Å². The lowest BCUT2D eigenvalue weighted by molar-refractivity contribution is 0.0942. The van der Waals surface area contributed by atoms with Gasteiger partial charge in [-0.05, 0) is 62.6 Å². The number of rotatable bonds is 8. The second-order valence-electron chi connectivity index (χ2n) is 7.19. The molecule has 2 rings (SSSR count). The smallest absolute Gasteiger partial charge is 0.259 e. The molecule has 2 amide bonds. The van der Waals surface area contributed by atoms with Gasteiger partial charge >= 0.3 is 0 Å². The van der Waals surface area contributed by atoms with Gasteiger partial charge in [0.15, 0.2) is 0 Å². The summed E-state index contributed by atoms with van der Waals surface area (Å²) in [5, 5.41) is 5.69. The molecule has 2 aromatic carbocycles. The van der Waals surface area contributed by atoms with E-state index < -0.39 is 0 Å². The van der Waals surface area contributed by atoms with Crippen LogP contribution in [-0.4, -0.2) is 24.5 Å². The molecule has 27 heavy (non-hydrogen) atoms. The minimum atomic E-state index is -0.241. The standard InChI is InChI=1S/C22H28N2O3/c1-15(2)13-14-27-20-8-6-5-7-19(20)22(26)24-18-11-9-17(10-12-18)21(25)23-16(3)4/h5-12,15-16H,13-14H2,1-4H3,(H,23,25)(H,24,26). The summed E-state index contributed by atoms with van der Waals surface area (Å²) >= 11 is 0. The van der Waals surface area contributed by atoms with Crippen LogP contribution >= 0.6 is 0 Å². The SMILES string of the molecule is CC(C)CCOc1ccccc1C(=O)Nc1ccc(C(=O)NC(C)C)cc1. The highest BCUT2D eigenvalue weighted by Gasteiger charge is 2.13. The Balaban J connectivity index is 2.04. The largest absolute Gasteiger partial charge is 0.493 e. The van der Waals surface area contributed by atoms with Crippen LogP contribution in [0.2, 0.25) is 0 Å². The van der Waals surface area contributed by atoms with Crippen molar-refractivity contribution in [1.82, 2.24) is 5.32 Å². The number of para-hydroxylation sites is 1. The molecule has 0 bridgehead atoms. The third-order valence-electron chi connectivity index (χ3n) is 3.91. The van der Waals surface area contributed by atoms with E-state index in [0.717, 1.165) is 6.42 Å². The van der Waals surface area contributed by atoms with E-state index in [-0.39, 0.29) is 17.9 Å². The summed E-state index contributed by atoms with van der Waals surface area (Å²) < 4.78 is 5.78. The van der Waals surface area contributed by atoms with Gasteiger partial charge in [-0.25, -0.2) is 0 Å². The number of nitrogens with one attached hydrogen (secondary N) is 2. The van der Waals surface area contributed by atoms with Gasteiger partial charge in [0.25, 0.3) is 11.8 Å². The van der Waals surface area contributed by atoms with Gasteiger partial charge in [0.05, 0.1) is 12.2 Å². The molecule has 0 spiro atoms. The molecule has 0 saturated heterocycles. The maximum atomic E-state index is 12.6. The second kappa shape index (κ2) is 9.76. The molecular formula is C22H28N2O3. The van der Waals surface area contributed by atoms with Crippen molar-refractivity contribution in [2.24, 2.45) is 5.92 Å². The lowest BCUT2D eigenvalue weighted by atomic mass is 10.1. The molecule has 5 heteroatoms. The Labute approximate surface area is 161 Å². The van der Waals surface area contributed by atoms with Gasteiger partial charge in [-0.15, -0.1) is 0 Å². The highest BCUT2D eigenvalue weighted by Crippen LogP contribution is 2.20. The number of ether oxygens (including phenoxy) is 1. The first-order chi connectivity index (χ1) is 12.9. The highest BCUT2D eigenvalue weighted by molar-refractivity contribution is 6.06. The Hall–Kier alpha value is -2.82. The van der Waals surface area contributed by atoms with E-state index in [1.54, 1.807) is 36.4 Å². The van der Waals surface area contributed by atoms with Crippen molar-refractivity contribution in [1.29, 1.82) is 0 Å². The summed E-state index contributed by atoms with van der Waals surface area (Å²) in [5.74, 6) is 0.738. The van der Waals surface area contributed by atoms with Crippen LogP contribution in [-0.2, 0) is 0 Å². The summed E-state index contributed by atoms with van der Waals surface area (Å²) in [6.07, 6.45) is 0.926. The molecular weight excluding hydrogens is 340 g/mol. The van der Waals surface area contributed by atoms with Crippen LogP contribution in [0.15, 0.2) is 48.5 Å². The van der Waals surface area contributed by atoms with Crippen LogP contribution in [0.1, 0.15) is 54.8 Å². The zero-order valence-corrected chi connectivity index (χ0v) is 16.4. The van der Waals surface area contributed by atoms with Crippen LogP contribution in [0.4, 0.5) is 5.69 Å². The van der Waals surface area contributed by atoms with Gasteiger partial charge in [-0.2, -0.15) is 0 Å². The van der Waals surface area contributed by atoms with Crippen molar-refractivity contribution in [2.45, 2.75) is 40.2 Å². The average Bonchev–Trinajstić information content (AvgIpc) is 2.61. The maximum absolute atomic E-state index is 12.6. The van der Waals surface area contributed by atoms with Crippen LogP contribution in [0.25, 0.3) is 0 Å². The normalized spacial score (nSPS) is 10.7. The predicted molar refractivity (Wildman–Crippen MR) is 108 cm³/mol. The Bertz CT molecular complexity index is 767. The van der Waals surface area contributed by atoms with E-state index >= 15 is 0 Å². The second-order valence-corrected chi connectivity index (χ2v) is 7.19. The molecule has 0 heterocycles. The summed E-state index contributed by atoms with van der Waals surface area (Å²) in [5.41, 5.74) is 1.67. The molecule has 0 saturated carbocycles. The van der Waals surface area contributed by atoms with Gasteiger partial charge < -0.3 is 15.4 Å². The van der Waals surface area contributed by atoms with E-state index in [9.17, 15) is 9.59 Å². The first kappa shape index (κ1) is 20.5. The molecule has 144 valence electrons. The number of amides is 2. The van der Waals surface area contributed by atoms with Crippen molar-refractivity contribution >= 4 is 17.5 Å². The first-order valence-corrected chi connectivity index (χ1v) is 9.31. The topological polar surface area (TPSA) is 67.4 Å². The summed E-state index contributed by atoms with van der Waals surface area (Å²) in [4.78, 5) is 24.6. The molecule has 0 aromatic heterocycles. The van der Waals surface area contributed by atoms with Crippen molar-refractivity contribution in [2.75, 3.05) is 11.9 Å². The quantitative estimate of drug-likeness (QED) is 0.721. The minimum absolute atomic E-state index is 0.0732. The van der Waals surface area contributed by atoms with E-state index in [1.807, 2.05) is 26.0 Å². The third kappa shape index (κ3) is 6.44. The Morgan fingerprint density at radius 1 is 0.926 bits per heavy atom. The number of carbonyl (C=O) groups is 2. The lowest BCUT2D eigenvalue weighted by Crippen LogP contribution is -2.30. The fourth-order valence-electron chi connectivity index (χ4n) is 2.43.